The van der Waals surface area contributed by atoms with Crippen molar-refractivity contribution in [1.82, 2.24) is 0 Å². The average molecular weight is 157 g/mol. The molecule has 0 aromatic carbocycles. The van der Waals surface area contributed by atoms with Gasteiger partial charge in [-0.2, -0.15) is 0 Å². The van der Waals surface area contributed by atoms with Crippen molar-refractivity contribution >= 4 is 30.6 Å². The van der Waals surface area contributed by atoms with Crippen molar-refractivity contribution in [3.63, 3.8) is 0 Å². The van der Waals surface area contributed by atoms with Crippen LogP contribution in [0.5, 0.6) is 0 Å². The maximum absolute atomic E-state index is 2.34. The minimum atomic E-state index is 0. The lowest BCUT2D eigenvalue weighted by molar-refractivity contribution is 0.731. The predicted octanol–water partition coefficient (Wildman–Crippen LogP) is -0.850. The zero-order valence-corrected chi connectivity index (χ0v) is 7.42. The Balaban J connectivity index is 0.00000121. The van der Waals surface area contributed by atoms with Gasteiger partial charge in [-0.05, 0) is 12.3 Å². The Bertz CT molecular complexity index is 153. The average Bonchev–Trinajstić information content (AvgIpc) is 2.07. The number of hydrogen-bond donors (Lipinski definition) is 0. The van der Waals surface area contributed by atoms with Crippen LogP contribution in [0.4, 0.5) is 0 Å². The third-order valence-corrected chi connectivity index (χ3v) is 2.25. The Hall–Kier alpha value is -0.260. The van der Waals surface area contributed by atoms with Gasteiger partial charge in [-0.25, -0.2) is 0 Å². The summed E-state index contributed by atoms with van der Waals surface area (Å²) >= 11 is 0. The third kappa shape index (κ3) is 4.58. The predicted molar refractivity (Wildman–Crippen MR) is 68.8 cm³/mol. The summed E-state index contributed by atoms with van der Waals surface area (Å²) in [4.78, 5) is 0. The minimum absolute atomic E-state index is 0. The van der Waals surface area contributed by atoms with Gasteiger partial charge < -0.3 is 0 Å². The summed E-state index contributed by atoms with van der Waals surface area (Å²) in [7, 11) is 5.00. The molecule has 1 aliphatic carbocycles. The molecule has 1 rings (SSSR count). The molecule has 0 saturated heterocycles. The molecule has 1 unspecified atom stereocenters. The van der Waals surface area contributed by atoms with E-state index < -0.39 is 0 Å². The number of hydrogen-bond acceptors (Lipinski definition) is 0. The van der Waals surface area contributed by atoms with Crippen LogP contribution in [0.1, 0.15) is 6.42 Å². The van der Waals surface area contributed by atoms with E-state index in [9.17, 15) is 0 Å². The molecule has 0 bridgehead atoms. The largest absolute Gasteiger partial charge is 0.113 e. The molecular weight excluding hydrogens is 139 g/mol. The smallest absolute Gasteiger partial charge is 0.108 e. The van der Waals surface area contributed by atoms with Gasteiger partial charge in [0.15, 0.2) is 0 Å². The van der Waals surface area contributed by atoms with Crippen LogP contribution in [-0.2, 0) is 0 Å². The molecule has 4 heteroatoms. The van der Waals surface area contributed by atoms with E-state index in [1.54, 1.807) is 0 Å². The molecule has 62 valence electrons. The highest BCUT2D eigenvalue weighted by Gasteiger charge is 2.04. The second-order valence-electron chi connectivity index (χ2n) is 3.30. The summed E-state index contributed by atoms with van der Waals surface area (Å²) in [5, 5.41) is 0. The van der Waals surface area contributed by atoms with E-state index in [2.05, 4.69) is 32.0 Å². The molecule has 0 nitrogen and oxygen atoms in total. The van der Waals surface area contributed by atoms with Crippen molar-refractivity contribution in [2.75, 3.05) is 0 Å². The highest BCUT2D eigenvalue weighted by Crippen LogP contribution is 2.15. The number of allylic oxidation sites excluding steroid dienone is 4. The Kier molecular flexibility index (Phi) is 7.23. The normalized spacial score (nSPS) is 19.8. The topological polar surface area (TPSA) is 0 Å². The monoisotopic (exact) mass is 158 g/mol. The molecule has 12 heavy (non-hydrogen) atoms. The molecular formula is C8H18B4. The third-order valence-electron chi connectivity index (χ3n) is 2.25. The quantitative estimate of drug-likeness (QED) is 0.368. The maximum Gasteiger partial charge on any atom is 0.113 e. The van der Waals surface area contributed by atoms with Gasteiger partial charge in [-0.15, -0.1) is 6.22 Å². The highest BCUT2D eigenvalue weighted by molar-refractivity contribution is 6.93. The maximum atomic E-state index is 2.34. The van der Waals surface area contributed by atoms with Crippen LogP contribution in [0.3, 0.4) is 0 Å². The first-order chi connectivity index (χ1) is 5.43. The fourth-order valence-corrected chi connectivity index (χ4v) is 1.50. The first kappa shape index (κ1) is 11.7. The Morgan fingerprint density at radius 1 is 1.42 bits per heavy atom. The van der Waals surface area contributed by atoms with Crippen LogP contribution in [0.15, 0.2) is 24.3 Å². The van der Waals surface area contributed by atoms with E-state index in [-0.39, 0.29) is 8.41 Å². The standard InChI is InChI=1S/C8H15B3.BH3/c9-11-7-10-6-8-4-2-1-3-5-8;/h1-4,8,10-11H,5-7,9H2;1H3. The first-order valence-electron chi connectivity index (χ1n) is 4.77. The van der Waals surface area contributed by atoms with Crippen molar-refractivity contribution in [1.29, 1.82) is 0 Å². The summed E-state index contributed by atoms with van der Waals surface area (Å²) in [6, 6.07) is 0. The van der Waals surface area contributed by atoms with E-state index in [1.807, 2.05) is 0 Å². The van der Waals surface area contributed by atoms with Crippen LogP contribution in [0.25, 0.3) is 0 Å². The van der Waals surface area contributed by atoms with Crippen molar-refractivity contribution in [3.8, 4) is 0 Å². The Morgan fingerprint density at radius 3 is 2.83 bits per heavy atom. The lowest BCUT2D eigenvalue weighted by Crippen LogP contribution is -2.04. The molecule has 0 aromatic heterocycles. The number of rotatable bonds is 4. The molecule has 0 radical (unpaired) electrons. The lowest BCUT2D eigenvalue weighted by atomic mass is 9.42. The zero-order valence-electron chi connectivity index (χ0n) is 7.42. The van der Waals surface area contributed by atoms with Gasteiger partial charge in [0.1, 0.15) is 7.28 Å². The molecule has 0 spiro atoms. The van der Waals surface area contributed by atoms with Crippen LogP contribution < -0.4 is 0 Å². The van der Waals surface area contributed by atoms with Crippen molar-refractivity contribution in [2.45, 2.75) is 19.0 Å². The second kappa shape index (κ2) is 7.39. The minimum Gasteiger partial charge on any atom is -0.108 e. The molecule has 0 amide bonds. The molecule has 1 aliphatic rings. The van der Waals surface area contributed by atoms with E-state index in [1.165, 1.54) is 33.4 Å². The first-order valence-corrected chi connectivity index (χ1v) is 4.77. The molecule has 0 saturated carbocycles. The molecule has 0 aliphatic heterocycles. The lowest BCUT2D eigenvalue weighted by Gasteiger charge is -2.10. The molecule has 0 heterocycles. The van der Waals surface area contributed by atoms with E-state index in [0.29, 0.717) is 0 Å². The van der Waals surface area contributed by atoms with Crippen LogP contribution in [0.2, 0.25) is 12.5 Å². The van der Waals surface area contributed by atoms with Gasteiger partial charge in [0.05, 0.1) is 23.3 Å². The molecule has 0 N–H and O–H groups in total. The van der Waals surface area contributed by atoms with Gasteiger partial charge in [0, 0.05) is 0 Å². The Labute approximate surface area is 80.3 Å². The van der Waals surface area contributed by atoms with Crippen molar-refractivity contribution in [3.05, 3.63) is 24.3 Å². The van der Waals surface area contributed by atoms with Gasteiger partial charge in [-0.3, -0.25) is 0 Å². The summed E-state index contributed by atoms with van der Waals surface area (Å²) < 4.78 is 0. The molecule has 0 fully saturated rings. The summed E-state index contributed by atoms with van der Waals surface area (Å²) in [5.74, 6) is 0.839. The Morgan fingerprint density at radius 2 is 2.25 bits per heavy atom. The van der Waals surface area contributed by atoms with Crippen molar-refractivity contribution in [2.24, 2.45) is 5.92 Å². The van der Waals surface area contributed by atoms with Gasteiger partial charge in [-0.1, -0.05) is 30.6 Å². The van der Waals surface area contributed by atoms with E-state index in [0.717, 1.165) is 5.92 Å². The highest BCUT2D eigenvalue weighted by atomic mass is 14.0. The fraction of sp³-hybridized carbons (Fsp3) is 0.500. The van der Waals surface area contributed by atoms with Crippen molar-refractivity contribution < 1.29 is 0 Å². The van der Waals surface area contributed by atoms with E-state index >= 15 is 0 Å². The van der Waals surface area contributed by atoms with Gasteiger partial charge in [0.2, 0.25) is 0 Å². The van der Waals surface area contributed by atoms with Crippen LogP contribution >= 0.6 is 0 Å². The van der Waals surface area contributed by atoms with E-state index in [4.69, 9.17) is 0 Å². The summed E-state index contributed by atoms with van der Waals surface area (Å²) in [6.07, 6.45) is 13.0. The fourth-order valence-electron chi connectivity index (χ4n) is 1.50. The summed E-state index contributed by atoms with van der Waals surface area (Å²) in [5.41, 5.74) is 0. The van der Waals surface area contributed by atoms with Crippen LogP contribution in [0, 0.1) is 5.92 Å². The van der Waals surface area contributed by atoms with Crippen LogP contribution in [-0.4, -0.2) is 30.6 Å². The zero-order chi connectivity index (χ0) is 7.94. The summed E-state index contributed by atoms with van der Waals surface area (Å²) in [6.45, 7) is 0. The van der Waals surface area contributed by atoms with Gasteiger partial charge in [0.25, 0.3) is 0 Å². The second-order valence-corrected chi connectivity index (χ2v) is 3.30. The molecule has 0 aromatic rings. The molecule has 1 atom stereocenters. The van der Waals surface area contributed by atoms with Gasteiger partial charge >= 0.3 is 0 Å². The SMILES string of the molecule is B.BBCBCC1C=CC=CC1.